The minimum atomic E-state index is -0.312. The molecule has 26 heavy (non-hydrogen) atoms. The molecule has 0 spiro atoms. The van der Waals surface area contributed by atoms with Crippen molar-refractivity contribution < 1.29 is 13.5 Å². The number of hydrogen-bond acceptors (Lipinski definition) is 9. The van der Waals surface area contributed by atoms with Gasteiger partial charge in [0.25, 0.3) is 5.89 Å². The van der Waals surface area contributed by atoms with Gasteiger partial charge < -0.3 is 13.5 Å². The van der Waals surface area contributed by atoms with E-state index >= 15 is 0 Å². The van der Waals surface area contributed by atoms with Crippen LogP contribution in [-0.4, -0.2) is 30.1 Å². The van der Waals surface area contributed by atoms with E-state index in [-0.39, 0.29) is 5.69 Å². The maximum absolute atomic E-state index is 11.9. The lowest BCUT2D eigenvalue weighted by molar-refractivity contribution is 0.392. The predicted octanol–water partition coefficient (Wildman–Crippen LogP) is 2.16. The van der Waals surface area contributed by atoms with Gasteiger partial charge in [0.05, 0.1) is 24.3 Å². The fraction of sp³-hybridized carbons (Fsp3) is 0.267. The summed E-state index contributed by atoms with van der Waals surface area (Å²) in [6.07, 6.45) is 1.56. The summed E-state index contributed by atoms with van der Waals surface area (Å²) >= 11 is 1.32. The number of rotatable bonds is 6. The number of furan rings is 1. The third-order valence-corrected chi connectivity index (χ3v) is 4.64. The van der Waals surface area contributed by atoms with Crippen LogP contribution in [0.2, 0.25) is 0 Å². The van der Waals surface area contributed by atoms with Gasteiger partial charge in [-0.1, -0.05) is 22.1 Å². The lowest BCUT2D eigenvalue weighted by atomic mass is 10.2. The van der Waals surface area contributed by atoms with Crippen molar-refractivity contribution in [2.24, 2.45) is 0 Å². The standard InChI is InChI=1S/C15H14N6O4S/c1-8-12(9(2)24-19-8)13-16-11(20-25-13)7-26-15-18-17-14(22)21(15)6-10-4-3-5-23-10/h3-5H,6-7H2,1-2H3,(H,17,22). The Balaban J connectivity index is 1.50. The van der Waals surface area contributed by atoms with Crippen LogP contribution in [-0.2, 0) is 12.3 Å². The van der Waals surface area contributed by atoms with Crippen molar-refractivity contribution >= 4 is 11.8 Å². The zero-order valence-corrected chi connectivity index (χ0v) is 14.7. The van der Waals surface area contributed by atoms with Crippen molar-refractivity contribution in [2.45, 2.75) is 31.3 Å². The molecule has 1 N–H and O–H groups in total. The average molecular weight is 374 g/mol. The van der Waals surface area contributed by atoms with E-state index in [4.69, 9.17) is 13.5 Å². The third kappa shape index (κ3) is 3.08. The molecular weight excluding hydrogens is 360 g/mol. The molecule has 10 nitrogen and oxygen atoms in total. The molecule has 134 valence electrons. The molecule has 4 heterocycles. The molecule has 11 heteroatoms. The molecule has 0 saturated heterocycles. The summed E-state index contributed by atoms with van der Waals surface area (Å²) in [6.45, 7) is 3.88. The molecule has 0 aromatic carbocycles. The van der Waals surface area contributed by atoms with Gasteiger partial charge in [-0.25, -0.2) is 9.89 Å². The Morgan fingerprint density at radius 3 is 2.88 bits per heavy atom. The summed E-state index contributed by atoms with van der Waals surface area (Å²) in [5.41, 5.74) is 1.07. The van der Waals surface area contributed by atoms with Gasteiger partial charge in [0.1, 0.15) is 17.1 Å². The Bertz CT molecular complexity index is 1050. The number of hydrogen-bond donors (Lipinski definition) is 1. The monoisotopic (exact) mass is 374 g/mol. The highest BCUT2D eigenvalue weighted by molar-refractivity contribution is 7.98. The quantitative estimate of drug-likeness (QED) is 0.505. The van der Waals surface area contributed by atoms with Crippen LogP contribution in [0.25, 0.3) is 11.5 Å². The van der Waals surface area contributed by atoms with Gasteiger partial charge in [-0.3, -0.25) is 4.57 Å². The molecule has 0 unspecified atom stereocenters. The van der Waals surface area contributed by atoms with Crippen LogP contribution in [0, 0.1) is 13.8 Å². The van der Waals surface area contributed by atoms with Crippen LogP contribution in [0.5, 0.6) is 0 Å². The lowest BCUT2D eigenvalue weighted by Gasteiger charge is -2.01. The molecule has 0 atom stereocenters. The maximum atomic E-state index is 11.9. The molecule has 0 radical (unpaired) electrons. The third-order valence-electron chi connectivity index (χ3n) is 3.66. The first-order chi connectivity index (χ1) is 12.6. The number of aromatic amines is 1. The number of aryl methyl sites for hydroxylation is 2. The lowest BCUT2D eigenvalue weighted by Crippen LogP contribution is -2.18. The van der Waals surface area contributed by atoms with E-state index in [2.05, 4.69) is 25.5 Å². The molecule has 0 aliphatic carbocycles. The van der Waals surface area contributed by atoms with Crippen LogP contribution in [0.4, 0.5) is 0 Å². The van der Waals surface area contributed by atoms with Gasteiger partial charge in [0.2, 0.25) is 0 Å². The van der Waals surface area contributed by atoms with E-state index in [1.54, 1.807) is 25.3 Å². The molecule has 0 aliphatic rings. The highest BCUT2D eigenvalue weighted by Gasteiger charge is 2.19. The first-order valence-corrected chi connectivity index (χ1v) is 8.66. The minimum Gasteiger partial charge on any atom is -0.467 e. The SMILES string of the molecule is Cc1noc(C)c1-c1nc(CSc2n[nH]c(=O)n2Cc2ccco2)no1. The molecule has 4 aromatic heterocycles. The van der Waals surface area contributed by atoms with Crippen LogP contribution in [0.15, 0.2) is 41.8 Å². The van der Waals surface area contributed by atoms with Crippen molar-refractivity contribution in [1.82, 2.24) is 30.1 Å². The topological polar surface area (TPSA) is 129 Å². The van der Waals surface area contributed by atoms with Crippen LogP contribution >= 0.6 is 11.8 Å². The van der Waals surface area contributed by atoms with Gasteiger partial charge >= 0.3 is 5.69 Å². The Kier molecular flexibility index (Phi) is 4.21. The summed E-state index contributed by atoms with van der Waals surface area (Å²) in [4.78, 5) is 16.3. The zero-order chi connectivity index (χ0) is 18.1. The second kappa shape index (κ2) is 6.67. The van der Waals surface area contributed by atoms with Gasteiger partial charge in [-0.05, 0) is 26.0 Å². The highest BCUT2D eigenvalue weighted by Crippen LogP contribution is 2.26. The zero-order valence-electron chi connectivity index (χ0n) is 13.9. The van der Waals surface area contributed by atoms with Crippen molar-refractivity contribution in [3.8, 4) is 11.5 Å². The van der Waals surface area contributed by atoms with Gasteiger partial charge in [0, 0.05) is 0 Å². The predicted molar refractivity (Wildman–Crippen MR) is 89.5 cm³/mol. The van der Waals surface area contributed by atoms with Gasteiger partial charge in [-0.2, -0.15) is 4.98 Å². The Morgan fingerprint density at radius 1 is 1.27 bits per heavy atom. The van der Waals surface area contributed by atoms with Crippen LogP contribution in [0.1, 0.15) is 23.0 Å². The number of nitrogens with zero attached hydrogens (tertiary/aromatic N) is 5. The molecule has 0 aliphatic heterocycles. The summed E-state index contributed by atoms with van der Waals surface area (Å²) in [5, 5.41) is 14.8. The second-order valence-electron chi connectivity index (χ2n) is 5.48. The summed E-state index contributed by atoms with van der Waals surface area (Å²) in [6, 6.07) is 3.56. The van der Waals surface area contributed by atoms with Gasteiger partial charge in [0.15, 0.2) is 11.0 Å². The van der Waals surface area contributed by atoms with E-state index in [1.807, 2.05) is 6.92 Å². The van der Waals surface area contributed by atoms with Crippen molar-refractivity contribution in [1.29, 1.82) is 0 Å². The molecule has 4 rings (SSSR count). The highest BCUT2D eigenvalue weighted by atomic mass is 32.2. The molecule has 0 saturated carbocycles. The Hall–Kier alpha value is -3.08. The molecular formula is C15H14N6O4S. The summed E-state index contributed by atoms with van der Waals surface area (Å²) in [7, 11) is 0. The Labute approximate surface area is 150 Å². The Morgan fingerprint density at radius 2 is 2.15 bits per heavy atom. The van der Waals surface area contributed by atoms with E-state index in [0.29, 0.717) is 51.9 Å². The van der Waals surface area contributed by atoms with Crippen molar-refractivity contribution in [2.75, 3.05) is 0 Å². The van der Waals surface area contributed by atoms with Crippen LogP contribution < -0.4 is 5.69 Å². The largest absolute Gasteiger partial charge is 0.467 e. The van der Waals surface area contributed by atoms with Crippen LogP contribution in [0.3, 0.4) is 0 Å². The molecule has 0 fully saturated rings. The smallest absolute Gasteiger partial charge is 0.344 e. The maximum Gasteiger partial charge on any atom is 0.344 e. The van der Waals surface area contributed by atoms with Crippen molar-refractivity contribution in [3.05, 3.63) is 51.9 Å². The first kappa shape index (κ1) is 16.4. The fourth-order valence-corrected chi connectivity index (χ4v) is 3.23. The van der Waals surface area contributed by atoms with E-state index in [9.17, 15) is 4.79 Å². The first-order valence-electron chi connectivity index (χ1n) is 7.68. The molecule has 4 aromatic rings. The van der Waals surface area contributed by atoms with Gasteiger partial charge in [-0.15, -0.1) is 5.10 Å². The van der Waals surface area contributed by atoms with E-state index < -0.39 is 0 Å². The molecule has 0 amide bonds. The van der Waals surface area contributed by atoms with Crippen molar-refractivity contribution in [3.63, 3.8) is 0 Å². The summed E-state index contributed by atoms with van der Waals surface area (Å²) in [5.74, 6) is 2.49. The number of H-pyrrole nitrogens is 1. The number of nitrogens with one attached hydrogen (secondary N) is 1. The normalized spacial score (nSPS) is 11.3. The minimum absolute atomic E-state index is 0.293. The number of aromatic nitrogens is 6. The second-order valence-corrected chi connectivity index (χ2v) is 6.42. The summed E-state index contributed by atoms with van der Waals surface area (Å²) < 4.78 is 17.2. The fourth-order valence-electron chi connectivity index (χ4n) is 2.44. The molecule has 0 bridgehead atoms. The van der Waals surface area contributed by atoms with E-state index in [1.165, 1.54) is 16.3 Å². The van der Waals surface area contributed by atoms with E-state index in [0.717, 1.165) is 0 Å². The average Bonchev–Trinajstić information content (AvgIpc) is 3.39. The number of thioether (sulfide) groups is 1.